The van der Waals surface area contributed by atoms with Crippen molar-refractivity contribution in [3.05, 3.63) is 71.3 Å². The molecular formula is C25H30N2O2. The van der Waals surface area contributed by atoms with Crippen molar-refractivity contribution in [2.45, 2.75) is 63.5 Å². The summed E-state index contributed by atoms with van der Waals surface area (Å²) in [6, 6.07) is 17.7. The second-order valence-electron chi connectivity index (χ2n) is 8.34. The summed E-state index contributed by atoms with van der Waals surface area (Å²) in [5, 5.41) is 3.18. The lowest BCUT2D eigenvalue weighted by molar-refractivity contribution is -0.126. The average Bonchev–Trinajstić information content (AvgIpc) is 3.23. The van der Waals surface area contributed by atoms with Gasteiger partial charge in [-0.05, 0) is 36.5 Å². The summed E-state index contributed by atoms with van der Waals surface area (Å²) >= 11 is 0. The third-order valence-electron chi connectivity index (χ3n) is 6.60. The molecule has 0 saturated heterocycles. The molecule has 1 aliphatic carbocycles. The summed E-state index contributed by atoms with van der Waals surface area (Å²) in [5.41, 5.74) is 2.30. The molecule has 4 rings (SSSR count). The van der Waals surface area contributed by atoms with Crippen LogP contribution in [-0.2, 0) is 11.3 Å². The molecule has 2 aromatic rings. The van der Waals surface area contributed by atoms with Gasteiger partial charge in [0, 0.05) is 18.7 Å². The zero-order valence-electron chi connectivity index (χ0n) is 17.2. The molecule has 1 spiro atoms. The van der Waals surface area contributed by atoms with E-state index in [9.17, 15) is 9.59 Å². The van der Waals surface area contributed by atoms with E-state index in [1.54, 1.807) is 0 Å². The van der Waals surface area contributed by atoms with Crippen molar-refractivity contribution in [3.8, 4) is 0 Å². The van der Waals surface area contributed by atoms with Gasteiger partial charge in [-0.15, -0.1) is 0 Å². The van der Waals surface area contributed by atoms with Gasteiger partial charge in [0.1, 0.15) is 0 Å². The fourth-order valence-electron chi connectivity index (χ4n) is 5.20. The van der Waals surface area contributed by atoms with Crippen molar-refractivity contribution in [3.63, 3.8) is 0 Å². The Balaban J connectivity index is 1.71. The fraction of sp³-hybridized carbons (Fsp3) is 0.440. The number of carbonyl (C=O) groups is 2. The number of amides is 2. The maximum absolute atomic E-state index is 13.6. The zero-order valence-corrected chi connectivity index (χ0v) is 17.2. The summed E-state index contributed by atoms with van der Waals surface area (Å²) in [7, 11) is 0. The molecule has 1 atom stereocenters. The van der Waals surface area contributed by atoms with E-state index in [4.69, 9.17) is 0 Å². The summed E-state index contributed by atoms with van der Waals surface area (Å²) < 4.78 is 0. The highest BCUT2D eigenvalue weighted by Crippen LogP contribution is 2.50. The van der Waals surface area contributed by atoms with Crippen LogP contribution in [0.3, 0.4) is 0 Å². The first-order valence-electron chi connectivity index (χ1n) is 10.9. The minimum atomic E-state index is -0.388. The molecule has 29 heavy (non-hydrogen) atoms. The van der Waals surface area contributed by atoms with Crippen molar-refractivity contribution in [2.75, 3.05) is 6.54 Å². The molecule has 4 heteroatoms. The second-order valence-corrected chi connectivity index (χ2v) is 8.34. The van der Waals surface area contributed by atoms with Crippen molar-refractivity contribution < 1.29 is 9.59 Å². The summed E-state index contributed by atoms with van der Waals surface area (Å²) in [6.07, 6.45) is 5.95. The van der Waals surface area contributed by atoms with Crippen LogP contribution in [-0.4, -0.2) is 28.8 Å². The number of rotatable bonds is 6. The number of fused-ring (bicyclic) bond motifs is 1. The third-order valence-corrected chi connectivity index (χ3v) is 6.60. The molecular weight excluding hydrogens is 360 g/mol. The largest absolute Gasteiger partial charge is 0.351 e. The van der Waals surface area contributed by atoms with Gasteiger partial charge in [0.15, 0.2) is 0 Å². The molecule has 2 aliphatic rings. The van der Waals surface area contributed by atoms with Crippen LogP contribution in [0.1, 0.15) is 72.9 Å². The monoisotopic (exact) mass is 390 g/mol. The van der Waals surface area contributed by atoms with Crippen LogP contribution >= 0.6 is 0 Å². The van der Waals surface area contributed by atoms with Crippen LogP contribution in [0.2, 0.25) is 0 Å². The van der Waals surface area contributed by atoms with E-state index in [-0.39, 0.29) is 23.3 Å². The molecule has 1 saturated carbocycles. The zero-order chi connectivity index (χ0) is 20.3. The van der Waals surface area contributed by atoms with Gasteiger partial charge in [-0.25, -0.2) is 0 Å². The smallest absolute Gasteiger partial charge is 0.254 e. The van der Waals surface area contributed by atoms with E-state index >= 15 is 0 Å². The molecule has 0 unspecified atom stereocenters. The molecule has 1 aliphatic heterocycles. The van der Waals surface area contributed by atoms with Crippen molar-refractivity contribution >= 4 is 11.8 Å². The van der Waals surface area contributed by atoms with Gasteiger partial charge in [-0.2, -0.15) is 0 Å². The summed E-state index contributed by atoms with van der Waals surface area (Å²) in [6.45, 7) is 3.39. The Hall–Kier alpha value is -2.62. The Labute approximate surface area is 173 Å². The first-order valence-corrected chi connectivity index (χ1v) is 10.9. The predicted molar refractivity (Wildman–Crippen MR) is 115 cm³/mol. The minimum Gasteiger partial charge on any atom is -0.351 e. The number of nitrogens with one attached hydrogen (secondary N) is 1. The van der Waals surface area contributed by atoms with E-state index in [0.717, 1.165) is 56.2 Å². The Kier molecular flexibility index (Phi) is 5.70. The molecule has 0 bridgehead atoms. The van der Waals surface area contributed by atoms with Gasteiger partial charge in [-0.3, -0.25) is 9.59 Å². The Morgan fingerprint density at radius 2 is 1.76 bits per heavy atom. The molecule has 1 fully saturated rings. The van der Waals surface area contributed by atoms with Gasteiger partial charge in [0.2, 0.25) is 5.91 Å². The number of hydrogen-bond donors (Lipinski definition) is 1. The van der Waals surface area contributed by atoms with E-state index < -0.39 is 0 Å². The lowest BCUT2D eigenvalue weighted by atomic mass is 9.71. The molecule has 1 heterocycles. The predicted octanol–water partition coefficient (Wildman–Crippen LogP) is 4.66. The second kappa shape index (κ2) is 8.40. The highest BCUT2D eigenvalue weighted by atomic mass is 16.2. The van der Waals surface area contributed by atoms with Crippen LogP contribution in [0.15, 0.2) is 54.6 Å². The van der Waals surface area contributed by atoms with Crippen LogP contribution in [0.25, 0.3) is 0 Å². The molecule has 0 aromatic heterocycles. The van der Waals surface area contributed by atoms with E-state index in [0.29, 0.717) is 12.1 Å². The molecule has 4 nitrogen and oxygen atoms in total. The standard InChI is InChI=1S/C25H30N2O2/c1-2-3-17-27-24(29)21-14-8-7-13-20(21)22(25(27)15-9-10-16-25)23(28)26-18-19-11-5-4-6-12-19/h4-8,11-14,22H,2-3,9-10,15-18H2,1H3,(H,26,28)/t22-/m0/s1. The van der Waals surface area contributed by atoms with E-state index in [2.05, 4.69) is 17.1 Å². The summed E-state index contributed by atoms with van der Waals surface area (Å²) in [5.74, 6) is -0.167. The van der Waals surface area contributed by atoms with Crippen LogP contribution in [0.4, 0.5) is 0 Å². The van der Waals surface area contributed by atoms with E-state index in [1.807, 2.05) is 54.6 Å². The fourth-order valence-corrected chi connectivity index (χ4v) is 5.20. The topological polar surface area (TPSA) is 49.4 Å². The lowest BCUT2D eigenvalue weighted by Crippen LogP contribution is -2.60. The normalized spacial score (nSPS) is 20.0. The first-order chi connectivity index (χ1) is 14.2. The minimum absolute atomic E-state index is 0.0391. The molecule has 1 N–H and O–H groups in total. The van der Waals surface area contributed by atoms with Gasteiger partial charge >= 0.3 is 0 Å². The highest BCUT2D eigenvalue weighted by molar-refractivity contribution is 6.02. The number of benzene rings is 2. The average molecular weight is 391 g/mol. The number of unbranched alkanes of at least 4 members (excludes halogenated alkanes) is 1. The quantitative estimate of drug-likeness (QED) is 0.780. The van der Waals surface area contributed by atoms with Crippen LogP contribution < -0.4 is 5.32 Å². The van der Waals surface area contributed by atoms with Crippen molar-refractivity contribution in [1.29, 1.82) is 0 Å². The maximum Gasteiger partial charge on any atom is 0.254 e. The Morgan fingerprint density at radius 3 is 2.48 bits per heavy atom. The first kappa shape index (κ1) is 19.7. The van der Waals surface area contributed by atoms with E-state index in [1.165, 1.54) is 0 Å². The SMILES string of the molecule is CCCCN1C(=O)c2ccccc2[C@@H](C(=O)NCc2ccccc2)C12CCCC2. The van der Waals surface area contributed by atoms with Gasteiger partial charge in [0.25, 0.3) is 5.91 Å². The van der Waals surface area contributed by atoms with Crippen molar-refractivity contribution in [2.24, 2.45) is 0 Å². The number of carbonyl (C=O) groups excluding carboxylic acids is 2. The molecule has 0 radical (unpaired) electrons. The maximum atomic E-state index is 13.6. The molecule has 2 aromatic carbocycles. The molecule has 152 valence electrons. The lowest BCUT2D eigenvalue weighted by Gasteiger charge is -2.50. The Bertz CT molecular complexity index is 871. The third kappa shape index (κ3) is 3.57. The highest BCUT2D eigenvalue weighted by Gasteiger charge is 2.55. The van der Waals surface area contributed by atoms with Crippen LogP contribution in [0, 0.1) is 0 Å². The van der Waals surface area contributed by atoms with Gasteiger partial charge in [0.05, 0.1) is 11.5 Å². The number of nitrogens with zero attached hydrogens (tertiary/aromatic N) is 1. The van der Waals surface area contributed by atoms with Gasteiger partial charge in [-0.1, -0.05) is 74.7 Å². The number of hydrogen-bond acceptors (Lipinski definition) is 2. The molecule has 2 amide bonds. The van der Waals surface area contributed by atoms with Crippen molar-refractivity contribution in [1.82, 2.24) is 10.2 Å². The Morgan fingerprint density at radius 1 is 1.07 bits per heavy atom. The van der Waals surface area contributed by atoms with Gasteiger partial charge < -0.3 is 10.2 Å². The summed E-state index contributed by atoms with van der Waals surface area (Å²) in [4.78, 5) is 29.1. The van der Waals surface area contributed by atoms with Crippen LogP contribution in [0.5, 0.6) is 0 Å².